The third kappa shape index (κ3) is 15.4. The summed E-state index contributed by atoms with van der Waals surface area (Å²) in [6.45, 7) is 0. The van der Waals surface area contributed by atoms with Crippen LogP contribution in [0.3, 0.4) is 0 Å². The average molecular weight is 1910 g/mol. The summed E-state index contributed by atoms with van der Waals surface area (Å²) in [5.74, 6) is 0. The van der Waals surface area contributed by atoms with Crippen LogP contribution >= 0.6 is 0 Å². The van der Waals surface area contributed by atoms with Gasteiger partial charge >= 0.3 is 0 Å². The zero-order chi connectivity index (χ0) is 99.1. The van der Waals surface area contributed by atoms with Crippen LogP contribution in [0.4, 0.5) is 0 Å². The van der Waals surface area contributed by atoms with Crippen molar-refractivity contribution in [2.75, 3.05) is 0 Å². The Morgan fingerprint density at radius 2 is 0.267 bits per heavy atom. The first kappa shape index (κ1) is 87.8. The monoisotopic (exact) mass is 1910 g/mol. The maximum atomic E-state index is 2.50. The fourth-order valence-electron chi connectivity index (χ4n) is 23.4. The minimum Gasteiger partial charge on any atom is -0.309 e. The summed E-state index contributed by atoms with van der Waals surface area (Å²) in [7, 11) is 0. The van der Waals surface area contributed by atoms with Crippen LogP contribution in [0.5, 0.6) is 0 Å². The first-order valence-corrected chi connectivity index (χ1v) is 51.6. The Hall–Kier alpha value is -19.9. The second kappa shape index (κ2) is 37.4. The lowest BCUT2D eigenvalue weighted by Gasteiger charge is -2.15. The number of benzene rings is 24. The summed E-state index contributed by atoms with van der Waals surface area (Å²) >= 11 is 0. The molecule has 0 atom stereocenters. The highest BCUT2D eigenvalue weighted by atomic mass is 15.0. The van der Waals surface area contributed by atoms with Crippen molar-refractivity contribution in [2.45, 2.75) is 0 Å². The van der Waals surface area contributed by atoms with Crippen LogP contribution in [0.1, 0.15) is 0 Å². The molecule has 0 saturated carbocycles. The molecule has 6 heterocycles. The molecule has 0 aliphatic rings. The molecule has 0 radical (unpaired) electrons. The van der Waals surface area contributed by atoms with Gasteiger partial charge < -0.3 is 27.4 Å². The quantitative estimate of drug-likeness (QED) is 0.0979. The molecule has 0 unspecified atom stereocenters. The van der Waals surface area contributed by atoms with Crippen LogP contribution in [-0.2, 0) is 0 Å². The van der Waals surface area contributed by atoms with E-state index in [9.17, 15) is 0 Å². The minimum atomic E-state index is 1.14. The molecular weight excluding hydrogens is 1810 g/mol. The molecule has 0 aliphatic heterocycles. The molecule has 6 nitrogen and oxygen atoms in total. The largest absolute Gasteiger partial charge is 0.309 e. The van der Waals surface area contributed by atoms with E-state index in [-0.39, 0.29) is 0 Å². The van der Waals surface area contributed by atoms with E-state index in [0.29, 0.717) is 0 Å². The molecule has 0 aliphatic carbocycles. The lowest BCUT2D eigenvalue weighted by molar-refractivity contribution is 1.17. The molecule has 0 bridgehead atoms. The normalized spacial score (nSPS) is 11.6. The molecule has 24 aromatic carbocycles. The van der Waals surface area contributed by atoms with Gasteiger partial charge in [-0.2, -0.15) is 0 Å². The second-order valence-electron chi connectivity index (χ2n) is 39.0. The number of rotatable bonds is 15. The molecule has 6 heteroatoms. The third-order valence-electron chi connectivity index (χ3n) is 30.3. The minimum absolute atomic E-state index is 1.14. The molecular formula is C144H96N6. The fourth-order valence-corrected chi connectivity index (χ4v) is 23.4. The van der Waals surface area contributed by atoms with Gasteiger partial charge in [-0.25, -0.2) is 0 Å². The number of aromatic nitrogens is 6. The van der Waals surface area contributed by atoms with E-state index in [4.69, 9.17) is 0 Å². The zero-order valence-electron chi connectivity index (χ0n) is 82.1. The standard InChI is InChI=1S/3C48H32N2/c1-4-14-33(15-5-1)36-24-26-39(27-25-36)49-45-22-12-10-20-41(45)43-32-48-44(31-47(43)49)42-21-11-13-23-46(42)50(48)40-29-37(34-16-6-2-7-17-34)28-38(30-40)35-18-8-3-9-19-35;1-4-14-33(15-5-1)36-24-26-39(27-25-36)50-44-22-12-10-20-41(44)42-28-29-46-47(48(42)50)43-21-11-13-23-45(43)49(46)40-31-37(34-16-6-2-7-17-34)30-38(32-40)35-18-8-3-9-19-35;1-4-14-33(15-5-1)36-24-26-39(27-25-36)49-45-23-13-11-21-43(45)47-46(49)29-28-42-41-20-10-12-22-44(41)50(48(42)47)40-31-37(34-16-6-2-7-17-34)30-38(32-40)35-18-8-3-9-19-35/h3*1-32H. The Labute approximate surface area is 868 Å². The molecule has 30 aromatic rings. The molecule has 0 fully saturated rings. The van der Waals surface area contributed by atoms with Gasteiger partial charge in [0.15, 0.2) is 0 Å². The highest BCUT2D eigenvalue weighted by molar-refractivity contribution is 6.28. The summed E-state index contributed by atoms with van der Waals surface area (Å²) < 4.78 is 14.7. The van der Waals surface area contributed by atoms with Crippen LogP contribution in [0.25, 0.3) is 265 Å². The Kier molecular flexibility index (Phi) is 21.9. The SMILES string of the molecule is c1ccc(-c2ccc(-n3c4ccccc4c4c3ccc3c5ccccc5n(-c5cc(-c6ccccc6)cc(-c6ccccc6)c5)c34)cc2)cc1.c1ccc(-c2ccc(-n3c4ccccc4c4cc5c(cc43)c3ccccc3n5-c3cc(-c4ccccc4)cc(-c4ccccc4)c3)cc2)cc1.c1ccc(-c2ccc(-n3c4ccccc4c4ccc5c(c6ccccc6n5-c5cc(-c6ccccc6)cc(-c6ccccc6)c5)c43)cc2)cc1. The maximum absolute atomic E-state index is 2.50. The molecule has 702 valence electrons. The van der Waals surface area contributed by atoms with Crippen molar-refractivity contribution >= 4 is 131 Å². The van der Waals surface area contributed by atoms with Crippen molar-refractivity contribution in [1.29, 1.82) is 0 Å². The van der Waals surface area contributed by atoms with Crippen molar-refractivity contribution in [3.05, 3.63) is 582 Å². The van der Waals surface area contributed by atoms with Crippen molar-refractivity contribution in [2.24, 2.45) is 0 Å². The topological polar surface area (TPSA) is 29.6 Å². The van der Waals surface area contributed by atoms with E-state index in [1.54, 1.807) is 0 Å². The van der Waals surface area contributed by atoms with Crippen LogP contribution < -0.4 is 0 Å². The number of fused-ring (bicyclic) bond motifs is 20. The first-order chi connectivity index (χ1) is 74.4. The van der Waals surface area contributed by atoms with Crippen molar-refractivity contribution in [3.63, 3.8) is 0 Å². The van der Waals surface area contributed by atoms with Gasteiger partial charge in [-0.05, 0) is 252 Å². The van der Waals surface area contributed by atoms with Gasteiger partial charge in [0, 0.05) is 98.8 Å². The highest BCUT2D eigenvalue weighted by Crippen LogP contribution is 2.49. The summed E-state index contributed by atoms with van der Waals surface area (Å²) in [6, 6.07) is 211. The number of para-hydroxylation sites is 6. The number of hydrogen-bond donors (Lipinski definition) is 0. The lowest BCUT2D eigenvalue weighted by Crippen LogP contribution is -1.97. The first-order valence-electron chi connectivity index (χ1n) is 51.6. The predicted molar refractivity (Wildman–Crippen MR) is 634 cm³/mol. The molecule has 0 N–H and O–H groups in total. The maximum Gasteiger partial charge on any atom is 0.0641 e. The van der Waals surface area contributed by atoms with E-state index in [2.05, 4.69) is 610 Å². The van der Waals surface area contributed by atoms with E-state index < -0.39 is 0 Å². The van der Waals surface area contributed by atoms with Gasteiger partial charge in [-0.1, -0.05) is 431 Å². The molecule has 6 aromatic heterocycles. The van der Waals surface area contributed by atoms with Gasteiger partial charge in [-0.15, -0.1) is 0 Å². The predicted octanol–water partition coefficient (Wildman–Crippen LogP) is 38.6. The molecule has 30 rings (SSSR count). The van der Waals surface area contributed by atoms with E-state index in [1.807, 2.05) is 0 Å². The summed E-state index contributed by atoms with van der Waals surface area (Å²) in [5, 5.41) is 15.0. The van der Waals surface area contributed by atoms with Gasteiger partial charge in [-0.3, -0.25) is 0 Å². The summed E-state index contributed by atoms with van der Waals surface area (Å²) in [4.78, 5) is 0. The number of nitrogens with zero attached hydrogens (tertiary/aromatic N) is 6. The molecule has 0 spiro atoms. The molecule has 0 saturated heterocycles. The summed E-state index contributed by atoms with van der Waals surface area (Å²) in [6.07, 6.45) is 0. The zero-order valence-corrected chi connectivity index (χ0v) is 82.1. The Morgan fingerprint density at radius 3 is 0.540 bits per heavy atom. The fraction of sp³-hybridized carbons (Fsp3) is 0. The average Bonchev–Trinajstić information content (AvgIpc) is 1.55. The highest BCUT2D eigenvalue weighted by Gasteiger charge is 2.27. The third-order valence-corrected chi connectivity index (χ3v) is 30.3. The van der Waals surface area contributed by atoms with Crippen molar-refractivity contribution in [3.8, 4) is 134 Å². The Morgan fingerprint density at radius 1 is 0.0867 bits per heavy atom. The lowest BCUT2D eigenvalue weighted by atomic mass is 9.98. The van der Waals surface area contributed by atoms with Crippen LogP contribution in [0.2, 0.25) is 0 Å². The van der Waals surface area contributed by atoms with Crippen LogP contribution in [0.15, 0.2) is 582 Å². The molecule has 0 amide bonds. The van der Waals surface area contributed by atoms with E-state index >= 15 is 0 Å². The summed E-state index contributed by atoms with van der Waals surface area (Å²) in [5.41, 5.74) is 43.0. The second-order valence-corrected chi connectivity index (χ2v) is 39.0. The van der Waals surface area contributed by atoms with Gasteiger partial charge in [0.05, 0.1) is 66.2 Å². The smallest absolute Gasteiger partial charge is 0.0641 e. The Balaban J connectivity index is 0.000000108. The van der Waals surface area contributed by atoms with Crippen LogP contribution in [-0.4, -0.2) is 27.4 Å². The van der Waals surface area contributed by atoms with Gasteiger partial charge in [0.1, 0.15) is 0 Å². The van der Waals surface area contributed by atoms with Crippen molar-refractivity contribution in [1.82, 2.24) is 27.4 Å². The van der Waals surface area contributed by atoms with E-state index in [1.165, 1.54) is 231 Å². The molecule has 150 heavy (non-hydrogen) atoms. The Bertz CT molecular complexity index is 10200. The van der Waals surface area contributed by atoms with Crippen molar-refractivity contribution < 1.29 is 0 Å². The van der Waals surface area contributed by atoms with E-state index in [0.717, 1.165) is 34.1 Å². The number of hydrogen-bond acceptors (Lipinski definition) is 0. The van der Waals surface area contributed by atoms with Crippen LogP contribution in [0, 0.1) is 0 Å². The van der Waals surface area contributed by atoms with Gasteiger partial charge in [0.2, 0.25) is 0 Å². The van der Waals surface area contributed by atoms with Gasteiger partial charge in [0.25, 0.3) is 0 Å².